The first kappa shape index (κ1) is 27.4. The smallest absolute Gasteiger partial charge is 0.243 e. The maximum Gasteiger partial charge on any atom is 0.243 e. The van der Waals surface area contributed by atoms with Crippen LogP contribution >= 0.6 is 0 Å². The Morgan fingerprint density at radius 1 is 1.00 bits per heavy atom. The lowest BCUT2D eigenvalue weighted by Crippen LogP contribution is -2.50. The van der Waals surface area contributed by atoms with Gasteiger partial charge in [-0.15, -0.1) is 0 Å². The van der Waals surface area contributed by atoms with Crippen LogP contribution in [0.15, 0.2) is 54.6 Å². The number of rotatable bonds is 12. The number of anilines is 1. The van der Waals surface area contributed by atoms with E-state index in [4.69, 9.17) is 0 Å². The summed E-state index contributed by atoms with van der Waals surface area (Å²) in [5.74, 6) is -0.354. The van der Waals surface area contributed by atoms with Crippen molar-refractivity contribution in [3.63, 3.8) is 0 Å². The van der Waals surface area contributed by atoms with Crippen molar-refractivity contribution in [2.45, 2.75) is 65.6 Å². The highest BCUT2D eigenvalue weighted by Gasteiger charge is 2.29. The second-order valence-electron chi connectivity index (χ2n) is 8.82. The lowest BCUT2D eigenvalue weighted by atomic mass is 10.1. The molecule has 0 fully saturated rings. The topological polar surface area (TPSA) is 86.8 Å². The first-order valence-electron chi connectivity index (χ1n) is 11.7. The summed E-state index contributed by atoms with van der Waals surface area (Å²) >= 11 is 0. The summed E-state index contributed by atoms with van der Waals surface area (Å²) in [7, 11) is -3.51. The lowest BCUT2D eigenvalue weighted by molar-refractivity contribution is -0.141. The third-order valence-corrected chi connectivity index (χ3v) is 6.73. The zero-order chi connectivity index (χ0) is 25.3. The SMILES string of the molecule is CC[C@@H](C(=O)NC(C)C)N(Cc1ccccc1)C(=O)CCCN(c1ccccc1C)S(C)(=O)=O. The molecule has 2 rings (SSSR count). The molecule has 1 N–H and O–H groups in total. The fraction of sp³-hybridized carbons (Fsp3) is 0.462. The van der Waals surface area contributed by atoms with Crippen LogP contribution < -0.4 is 9.62 Å². The van der Waals surface area contributed by atoms with E-state index in [0.29, 0.717) is 25.1 Å². The minimum atomic E-state index is -3.51. The Morgan fingerprint density at radius 2 is 1.62 bits per heavy atom. The summed E-state index contributed by atoms with van der Waals surface area (Å²) in [6.45, 7) is 8.03. The fourth-order valence-corrected chi connectivity index (χ4v) is 4.93. The zero-order valence-electron chi connectivity index (χ0n) is 20.8. The van der Waals surface area contributed by atoms with Gasteiger partial charge in [0, 0.05) is 25.6 Å². The summed E-state index contributed by atoms with van der Waals surface area (Å²) in [6, 6.07) is 16.2. The average Bonchev–Trinajstić information content (AvgIpc) is 2.76. The van der Waals surface area contributed by atoms with Gasteiger partial charge in [0.15, 0.2) is 0 Å². The maximum absolute atomic E-state index is 13.4. The predicted octanol–water partition coefficient (Wildman–Crippen LogP) is 3.87. The van der Waals surface area contributed by atoms with E-state index in [1.54, 1.807) is 17.0 Å². The van der Waals surface area contributed by atoms with E-state index in [9.17, 15) is 18.0 Å². The van der Waals surface area contributed by atoms with Gasteiger partial charge in [-0.1, -0.05) is 55.5 Å². The Bertz CT molecular complexity index is 1050. The van der Waals surface area contributed by atoms with Crippen molar-refractivity contribution in [3.05, 3.63) is 65.7 Å². The van der Waals surface area contributed by atoms with Crippen molar-refractivity contribution >= 4 is 27.5 Å². The second kappa shape index (κ2) is 12.6. The highest BCUT2D eigenvalue weighted by molar-refractivity contribution is 7.92. The Kier molecular flexibility index (Phi) is 10.1. The Labute approximate surface area is 204 Å². The highest BCUT2D eigenvalue weighted by Crippen LogP contribution is 2.23. The molecule has 0 spiro atoms. The molecular formula is C26H37N3O4S. The standard InChI is InChI=1S/C26H37N3O4S/c1-6-23(26(31)27-20(2)3)28(19-22-14-8-7-9-15-22)25(30)17-12-18-29(34(5,32)33)24-16-11-10-13-21(24)4/h7-11,13-16,20,23H,6,12,17-19H2,1-5H3,(H,27,31)/t23-/m0/s1. The molecule has 0 unspecified atom stereocenters. The summed E-state index contributed by atoms with van der Waals surface area (Å²) in [4.78, 5) is 27.8. The van der Waals surface area contributed by atoms with Gasteiger partial charge in [-0.2, -0.15) is 0 Å². The number of aryl methyl sites for hydroxylation is 1. The molecule has 0 heterocycles. The number of sulfonamides is 1. The monoisotopic (exact) mass is 487 g/mol. The molecule has 0 radical (unpaired) electrons. The summed E-state index contributed by atoms with van der Waals surface area (Å²) < 4.78 is 26.3. The lowest BCUT2D eigenvalue weighted by Gasteiger charge is -2.31. The van der Waals surface area contributed by atoms with E-state index < -0.39 is 16.1 Å². The number of nitrogens with zero attached hydrogens (tertiary/aromatic N) is 2. The maximum atomic E-state index is 13.4. The number of hydrogen-bond donors (Lipinski definition) is 1. The van der Waals surface area contributed by atoms with E-state index in [2.05, 4.69) is 5.32 Å². The van der Waals surface area contributed by atoms with E-state index >= 15 is 0 Å². The van der Waals surface area contributed by atoms with Crippen molar-refractivity contribution < 1.29 is 18.0 Å². The van der Waals surface area contributed by atoms with Gasteiger partial charge in [0.1, 0.15) is 6.04 Å². The van der Waals surface area contributed by atoms with Gasteiger partial charge in [-0.25, -0.2) is 8.42 Å². The summed E-state index contributed by atoms with van der Waals surface area (Å²) in [6.07, 6.45) is 2.13. The molecule has 2 aromatic rings. The van der Waals surface area contributed by atoms with Crippen molar-refractivity contribution in [1.29, 1.82) is 0 Å². The molecule has 7 nitrogen and oxygen atoms in total. The van der Waals surface area contributed by atoms with Crippen molar-refractivity contribution in [2.75, 3.05) is 17.1 Å². The van der Waals surface area contributed by atoms with Crippen LogP contribution in [0.4, 0.5) is 5.69 Å². The minimum Gasteiger partial charge on any atom is -0.352 e. The fourth-order valence-electron chi connectivity index (χ4n) is 3.91. The zero-order valence-corrected chi connectivity index (χ0v) is 21.6. The molecule has 1 atom stereocenters. The average molecular weight is 488 g/mol. The van der Waals surface area contributed by atoms with Crippen molar-refractivity contribution in [3.8, 4) is 0 Å². The summed E-state index contributed by atoms with van der Waals surface area (Å²) in [5.41, 5.74) is 2.40. The molecule has 0 saturated heterocycles. The summed E-state index contributed by atoms with van der Waals surface area (Å²) in [5, 5.41) is 2.92. The molecular weight excluding hydrogens is 450 g/mol. The molecule has 0 aliphatic rings. The van der Waals surface area contributed by atoms with E-state index in [-0.39, 0.29) is 30.8 Å². The van der Waals surface area contributed by atoms with Gasteiger partial charge in [0.25, 0.3) is 0 Å². The molecule has 8 heteroatoms. The Balaban J connectivity index is 2.20. The van der Waals surface area contributed by atoms with Crippen molar-refractivity contribution in [2.24, 2.45) is 0 Å². The second-order valence-corrected chi connectivity index (χ2v) is 10.7. The van der Waals surface area contributed by atoms with Gasteiger partial charge in [0.2, 0.25) is 21.8 Å². The van der Waals surface area contributed by atoms with E-state index in [1.165, 1.54) is 10.6 Å². The number of carbonyl (C=O) groups is 2. The largest absolute Gasteiger partial charge is 0.352 e. The quantitative estimate of drug-likeness (QED) is 0.492. The van der Waals surface area contributed by atoms with Gasteiger partial charge in [-0.05, 0) is 50.8 Å². The van der Waals surface area contributed by atoms with Crippen LogP contribution in [0.3, 0.4) is 0 Å². The third kappa shape index (κ3) is 7.87. The van der Waals surface area contributed by atoms with E-state index in [1.807, 2.05) is 70.2 Å². The van der Waals surface area contributed by atoms with Crippen LogP contribution in [0.1, 0.15) is 51.2 Å². The number of benzene rings is 2. The van der Waals surface area contributed by atoms with Crippen molar-refractivity contribution in [1.82, 2.24) is 10.2 Å². The Hall–Kier alpha value is -2.87. The van der Waals surface area contributed by atoms with Crippen LogP contribution in [0.2, 0.25) is 0 Å². The van der Waals surface area contributed by atoms with Gasteiger partial charge in [0.05, 0.1) is 11.9 Å². The molecule has 2 aromatic carbocycles. The van der Waals surface area contributed by atoms with Gasteiger partial charge >= 0.3 is 0 Å². The molecule has 2 amide bonds. The number of para-hydroxylation sites is 1. The van der Waals surface area contributed by atoms with Crippen LogP contribution in [-0.2, 0) is 26.2 Å². The van der Waals surface area contributed by atoms with Gasteiger partial charge in [-0.3, -0.25) is 13.9 Å². The van der Waals surface area contributed by atoms with Gasteiger partial charge < -0.3 is 10.2 Å². The molecule has 0 bridgehead atoms. The predicted molar refractivity (Wildman–Crippen MR) is 137 cm³/mol. The first-order valence-corrected chi connectivity index (χ1v) is 13.6. The first-order chi connectivity index (χ1) is 16.0. The van der Waals surface area contributed by atoms with E-state index in [0.717, 1.165) is 11.1 Å². The number of amides is 2. The van der Waals surface area contributed by atoms with Crippen LogP contribution in [0.5, 0.6) is 0 Å². The minimum absolute atomic E-state index is 0.0346. The van der Waals surface area contributed by atoms with Crippen LogP contribution in [0.25, 0.3) is 0 Å². The Morgan fingerprint density at radius 3 is 2.18 bits per heavy atom. The highest BCUT2D eigenvalue weighted by atomic mass is 32.2. The molecule has 0 aromatic heterocycles. The van der Waals surface area contributed by atoms with Crippen LogP contribution in [-0.4, -0.2) is 50.0 Å². The van der Waals surface area contributed by atoms with Crippen LogP contribution in [0, 0.1) is 6.92 Å². The number of carbonyl (C=O) groups excluding carboxylic acids is 2. The normalized spacial score (nSPS) is 12.3. The molecule has 0 aliphatic carbocycles. The molecule has 0 saturated carbocycles. The third-order valence-electron chi connectivity index (χ3n) is 5.55. The number of hydrogen-bond acceptors (Lipinski definition) is 4. The molecule has 186 valence electrons. The number of nitrogens with one attached hydrogen (secondary N) is 1. The molecule has 34 heavy (non-hydrogen) atoms. The molecule has 0 aliphatic heterocycles.